The highest BCUT2D eigenvalue weighted by molar-refractivity contribution is 7.84. The molecule has 0 spiro atoms. The van der Waals surface area contributed by atoms with Crippen LogP contribution in [-0.4, -0.2) is 85.1 Å². The van der Waals surface area contributed by atoms with Gasteiger partial charge in [0.25, 0.3) is 5.91 Å². The summed E-state index contributed by atoms with van der Waals surface area (Å²) in [5, 5.41) is 0.690. The molecule has 6 atom stereocenters. The van der Waals surface area contributed by atoms with Crippen molar-refractivity contribution >= 4 is 34.2 Å². The number of benzene rings is 2. The number of nitrogens with one attached hydrogen (secondary N) is 1. The van der Waals surface area contributed by atoms with E-state index in [0.29, 0.717) is 24.0 Å². The van der Waals surface area contributed by atoms with Gasteiger partial charge in [0.15, 0.2) is 0 Å². The molecule has 6 unspecified atom stereocenters. The van der Waals surface area contributed by atoms with Crippen molar-refractivity contribution in [2.45, 2.75) is 83.3 Å². The van der Waals surface area contributed by atoms with Gasteiger partial charge in [-0.25, -0.2) is 4.21 Å². The van der Waals surface area contributed by atoms with Gasteiger partial charge in [0.05, 0.1) is 17.5 Å². The Balaban J connectivity index is 0.000000474. The first-order valence-corrected chi connectivity index (χ1v) is 19.6. The summed E-state index contributed by atoms with van der Waals surface area (Å²) >= 11 is 6.39. The summed E-state index contributed by atoms with van der Waals surface area (Å²) in [4.78, 5) is 20.4. The highest BCUT2D eigenvalue weighted by atomic mass is 35.5. The summed E-state index contributed by atoms with van der Waals surface area (Å²) in [5.41, 5.74) is 4.11. The molecule has 7 nitrogen and oxygen atoms in total. The number of carbonyl (C=O) groups excluding carboxylic acids is 1. The van der Waals surface area contributed by atoms with Crippen molar-refractivity contribution in [3.05, 3.63) is 58.1 Å². The predicted molar refractivity (Wildman–Crippen MR) is 196 cm³/mol. The number of hydrogen-bond donors (Lipinski definition) is 1. The summed E-state index contributed by atoms with van der Waals surface area (Å²) in [6, 6.07) is 12.0. The Morgan fingerprint density at radius 3 is 2.30 bits per heavy atom. The summed E-state index contributed by atoms with van der Waals surface area (Å²) in [7, 11) is 2.92. The first-order chi connectivity index (χ1) is 22.6. The molecule has 6 rings (SSSR count). The third kappa shape index (κ3) is 9.52. The number of carbonyl (C=O) groups is 1. The molecular formula is C38H57ClN4O3S. The van der Waals surface area contributed by atoms with Gasteiger partial charge in [0.2, 0.25) is 0 Å². The molecule has 9 heteroatoms. The minimum atomic E-state index is -1.43. The van der Waals surface area contributed by atoms with Crippen molar-refractivity contribution in [1.29, 1.82) is 0 Å². The van der Waals surface area contributed by atoms with Crippen LogP contribution in [0.3, 0.4) is 0 Å². The molecule has 1 amide bonds. The van der Waals surface area contributed by atoms with E-state index < -0.39 is 11.0 Å². The van der Waals surface area contributed by atoms with Crippen molar-refractivity contribution in [3.63, 3.8) is 0 Å². The number of fused-ring (bicyclic) bond motifs is 2. The molecule has 4 aliphatic rings. The minimum Gasteiger partial charge on any atom is -0.491 e. The number of aryl methyl sites for hydroxylation is 1. The van der Waals surface area contributed by atoms with Gasteiger partial charge in [-0.2, -0.15) is 0 Å². The van der Waals surface area contributed by atoms with Crippen molar-refractivity contribution in [3.8, 4) is 5.75 Å². The van der Waals surface area contributed by atoms with E-state index in [2.05, 4.69) is 59.5 Å². The number of halogens is 1. The fourth-order valence-electron chi connectivity index (χ4n) is 7.46. The largest absolute Gasteiger partial charge is 0.491 e. The second-order valence-corrected chi connectivity index (χ2v) is 16.6. The maximum absolute atomic E-state index is 13.2. The molecule has 1 aliphatic carbocycles. The van der Waals surface area contributed by atoms with Crippen molar-refractivity contribution in [2.75, 3.05) is 64.9 Å². The van der Waals surface area contributed by atoms with Gasteiger partial charge < -0.3 is 19.4 Å². The van der Waals surface area contributed by atoms with Crippen LogP contribution in [-0.2, 0) is 17.4 Å². The van der Waals surface area contributed by atoms with Crippen molar-refractivity contribution in [2.24, 2.45) is 17.8 Å². The van der Waals surface area contributed by atoms with Gasteiger partial charge in [-0.05, 0) is 106 Å². The molecule has 2 bridgehead atoms. The van der Waals surface area contributed by atoms with Crippen LogP contribution in [0.2, 0.25) is 5.02 Å². The molecule has 1 saturated carbocycles. The van der Waals surface area contributed by atoms with Gasteiger partial charge in [-0.1, -0.05) is 57.2 Å². The molecule has 47 heavy (non-hydrogen) atoms. The smallest absolute Gasteiger partial charge is 0.263 e. The monoisotopic (exact) mass is 684 g/mol. The number of ether oxygens (including phenoxy) is 1. The average Bonchev–Trinajstić information content (AvgIpc) is 3.23. The molecule has 2 aromatic carbocycles. The molecule has 3 aliphatic heterocycles. The van der Waals surface area contributed by atoms with Gasteiger partial charge in [0, 0.05) is 55.8 Å². The molecule has 1 saturated heterocycles. The van der Waals surface area contributed by atoms with Crippen LogP contribution in [0.1, 0.15) is 93.1 Å². The van der Waals surface area contributed by atoms with Crippen LogP contribution in [0.25, 0.3) is 0 Å². The zero-order valence-electron chi connectivity index (χ0n) is 29.3. The fourth-order valence-corrected chi connectivity index (χ4v) is 8.70. The maximum Gasteiger partial charge on any atom is 0.263 e. The quantitative estimate of drug-likeness (QED) is 0.370. The highest BCUT2D eigenvalue weighted by Gasteiger charge is 2.35. The molecule has 2 fully saturated rings. The molecule has 1 N–H and O–H groups in total. The number of hydrogen-bond acceptors (Lipinski definition) is 6. The summed E-state index contributed by atoms with van der Waals surface area (Å²) in [6.07, 6.45) is 9.30. The van der Waals surface area contributed by atoms with Gasteiger partial charge in [-0.3, -0.25) is 9.52 Å². The Morgan fingerprint density at radius 1 is 0.915 bits per heavy atom. The molecule has 3 heterocycles. The predicted octanol–water partition coefficient (Wildman–Crippen LogP) is 7.16. The van der Waals surface area contributed by atoms with Crippen molar-refractivity contribution in [1.82, 2.24) is 14.5 Å². The summed E-state index contributed by atoms with van der Waals surface area (Å²) in [5.74, 6) is 2.45. The van der Waals surface area contributed by atoms with E-state index in [1.807, 2.05) is 25.1 Å². The van der Waals surface area contributed by atoms with Crippen molar-refractivity contribution < 1.29 is 13.7 Å². The lowest BCUT2D eigenvalue weighted by atomic mass is 9.70. The summed E-state index contributed by atoms with van der Waals surface area (Å²) in [6.45, 7) is 13.7. The van der Waals surface area contributed by atoms with Crippen LogP contribution < -0.4 is 14.4 Å². The van der Waals surface area contributed by atoms with E-state index in [4.69, 9.17) is 16.3 Å². The van der Waals surface area contributed by atoms with Crippen LogP contribution in [0.5, 0.6) is 5.75 Å². The number of nitrogens with zero attached hydrogens (tertiary/aromatic N) is 3. The SMILES string of the molecule is CCCc1cc(Cl)ccc1C1COc2ccc3cc2N(C1)CC1CCC1CCCCC(C)C(C)S(=O)NC3=O.CN1CCN(C)CC1. The number of piperazine rings is 1. The Labute approximate surface area is 291 Å². The number of likely N-dealkylation sites (N-methyl/N-ethyl adjacent to an activating group) is 2. The minimum absolute atomic E-state index is 0.0867. The molecule has 260 valence electrons. The summed E-state index contributed by atoms with van der Waals surface area (Å²) < 4.78 is 22.3. The van der Waals surface area contributed by atoms with E-state index >= 15 is 0 Å². The third-order valence-electron chi connectivity index (χ3n) is 11.1. The number of amides is 1. The number of anilines is 1. The lowest BCUT2D eigenvalue weighted by molar-refractivity contribution is 0.0982. The maximum atomic E-state index is 13.2. The van der Waals surface area contributed by atoms with Gasteiger partial charge in [0.1, 0.15) is 16.7 Å². The first kappa shape index (κ1) is 36.2. The van der Waals surface area contributed by atoms with E-state index in [0.717, 1.165) is 61.2 Å². The lowest BCUT2D eigenvalue weighted by Gasteiger charge is -2.41. The van der Waals surface area contributed by atoms with Crippen LogP contribution >= 0.6 is 11.6 Å². The van der Waals surface area contributed by atoms with E-state index in [1.165, 1.54) is 63.0 Å². The molecule has 0 radical (unpaired) electrons. The Hall–Kier alpha value is -2.13. The van der Waals surface area contributed by atoms with Gasteiger partial charge >= 0.3 is 0 Å². The Bertz CT molecular complexity index is 1360. The lowest BCUT2D eigenvalue weighted by Crippen LogP contribution is -2.42. The highest BCUT2D eigenvalue weighted by Crippen LogP contribution is 2.43. The normalized spacial score (nSPS) is 29.2. The zero-order valence-corrected chi connectivity index (χ0v) is 30.9. The second kappa shape index (κ2) is 17.0. The van der Waals surface area contributed by atoms with E-state index in [1.54, 1.807) is 6.07 Å². The second-order valence-electron chi connectivity index (χ2n) is 14.6. The Morgan fingerprint density at radius 2 is 1.62 bits per heavy atom. The Kier molecular flexibility index (Phi) is 13.1. The zero-order chi connectivity index (χ0) is 33.5. The van der Waals surface area contributed by atoms with E-state index in [9.17, 15) is 9.00 Å². The fraction of sp³-hybridized carbons (Fsp3) is 0.658. The standard InChI is InChI=1S/C32H43ClN2O3S.C6H14N2/c1-4-7-24-16-28(33)13-14-29(24)27-19-35-18-26-11-10-23(26)9-6-5-8-21(2)22(3)39(37)34-32(36)25-12-15-31(38-20-27)30(35)17-25;1-7-3-5-8(2)6-4-7/h12-17,21-23,26-27H,4-11,18-20H2,1-3H3,(H,34,36);3-6H2,1-2H3. The number of rotatable bonds is 3. The van der Waals surface area contributed by atoms with Crippen LogP contribution in [0.15, 0.2) is 36.4 Å². The van der Waals surface area contributed by atoms with Crippen LogP contribution in [0.4, 0.5) is 5.69 Å². The topological polar surface area (TPSA) is 65.1 Å². The molecule has 2 aromatic rings. The molecule has 0 aromatic heterocycles. The third-order valence-corrected chi connectivity index (χ3v) is 12.8. The van der Waals surface area contributed by atoms with Crippen LogP contribution in [0, 0.1) is 17.8 Å². The average molecular weight is 685 g/mol. The first-order valence-electron chi connectivity index (χ1n) is 18.0. The van der Waals surface area contributed by atoms with Gasteiger partial charge in [-0.15, -0.1) is 0 Å². The molecular weight excluding hydrogens is 628 g/mol. The van der Waals surface area contributed by atoms with E-state index in [-0.39, 0.29) is 17.1 Å².